The minimum atomic E-state index is -0.177. The van der Waals surface area contributed by atoms with Crippen molar-refractivity contribution in [2.75, 3.05) is 19.6 Å². The van der Waals surface area contributed by atoms with Crippen molar-refractivity contribution in [3.05, 3.63) is 273 Å². The van der Waals surface area contributed by atoms with Crippen molar-refractivity contribution < 1.29 is 0 Å². The van der Waals surface area contributed by atoms with Crippen molar-refractivity contribution in [3.8, 4) is 0 Å². The molecule has 0 atom stereocenters. The Kier molecular flexibility index (Phi) is 10.7. The first-order valence-corrected chi connectivity index (χ1v) is 22.2. The van der Waals surface area contributed by atoms with Crippen molar-refractivity contribution in [1.82, 2.24) is 0 Å². The van der Waals surface area contributed by atoms with Gasteiger partial charge >= 0.3 is 0 Å². The van der Waals surface area contributed by atoms with E-state index in [1.165, 1.54) is 16.4 Å². The lowest BCUT2D eigenvalue weighted by Crippen LogP contribution is -2.52. The van der Waals surface area contributed by atoms with E-state index in [4.69, 9.17) is 0 Å². The van der Waals surface area contributed by atoms with Gasteiger partial charge in [0, 0.05) is 68.2 Å². The first-order chi connectivity index (χ1) is 32.2. The number of para-hydroxylation sites is 6. The molecule has 0 spiro atoms. The zero-order valence-electron chi connectivity index (χ0n) is 35.8. The third kappa shape index (κ3) is 7.92. The van der Waals surface area contributed by atoms with Gasteiger partial charge in [-0.3, -0.25) is 0 Å². The molecular formula is C60H45BN4. The molecule has 11 rings (SSSR count). The number of anilines is 12. The van der Waals surface area contributed by atoms with E-state index < -0.39 is 0 Å². The largest absolute Gasteiger partial charge is 0.310 e. The molecule has 65 heavy (non-hydrogen) atoms. The van der Waals surface area contributed by atoms with Crippen molar-refractivity contribution in [2.45, 2.75) is 0 Å². The van der Waals surface area contributed by atoms with Gasteiger partial charge in [0.15, 0.2) is 0 Å². The van der Waals surface area contributed by atoms with Crippen molar-refractivity contribution in [3.63, 3.8) is 0 Å². The Hall–Kier alpha value is -8.54. The second-order valence-electron chi connectivity index (χ2n) is 16.3. The zero-order chi connectivity index (χ0) is 43.4. The molecule has 6 bridgehead atoms. The van der Waals surface area contributed by atoms with Crippen LogP contribution in [-0.2, 0) is 0 Å². The van der Waals surface area contributed by atoms with Crippen molar-refractivity contribution in [2.24, 2.45) is 0 Å². The van der Waals surface area contributed by atoms with Crippen LogP contribution in [0.5, 0.6) is 0 Å². The lowest BCUT2D eigenvalue weighted by atomic mass is 9.36. The van der Waals surface area contributed by atoms with Gasteiger partial charge in [-0.25, -0.2) is 0 Å². The number of benzene rings is 10. The second-order valence-corrected chi connectivity index (χ2v) is 16.3. The number of nitrogens with zero attached hydrogens (tertiary/aromatic N) is 4. The Morgan fingerprint density at radius 3 is 0.877 bits per heavy atom. The predicted molar refractivity (Wildman–Crippen MR) is 276 cm³/mol. The maximum Gasteiger partial charge on any atom is 0.241 e. The SMILES string of the molecule is c1ccc(B2c3cc(N(c4ccccc4)c4ccccc4)cc(c3)N(c3ccccc3)c3cccc(c3)N(c3ccccc3)c3cc2cc(N(c2ccccc2)c2ccccc2)c3)cc1. The lowest BCUT2D eigenvalue weighted by molar-refractivity contribution is 1.23. The van der Waals surface area contributed by atoms with Crippen LogP contribution in [0.15, 0.2) is 273 Å². The first kappa shape index (κ1) is 39.3. The highest BCUT2D eigenvalue weighted by molar-refractivity contribution is 6.95. The summed E-state index contributed by atoms with van der Waals surface area (Å²) in [7, 11) is 0. The summed E-state index contributed by atoms with van der Waals surface area (Å²) < 4.78 is 0. The van der Waals surface area contributed by atoms with E-state index in [0.717, 1.165) is 68.2 Å². The molecule has 0 aromatic heterocycles. The summed E-state index contributed by atoms with van der Waals surface area (Å²) in [6, 6.07) is 98.6. The van der Waals surface area contributed by atoms with Gasteiger partial charge < -0.3 is 19.6 Å². The summed E-state index contributed by atoms with van der Waals surface area (Å²) >= 11 is 0. The molecule has 1 heterocycles. The fraction of sp³-hybridized carbons (Fsp3) is 0. The molecule has 0 saturated carbocycles. The molecule has 0 fully saturated rings. The van der Waals surface area contributed by atoms with Gasteiger partial charge in [-0.05, 0) is 127 Å². The number of hydrogen-bond acceptors (Lipinski definition) is 4. The Balaban J connectivity index is 1.27. The van der Waals surface area contributed by atoms with Gasteiger partial charge in [0.25, 0.3) is 0 Å². The maximum atomic E-state index is 2.41. The monoisotopic (exact) mass is 832 g/mol. The summed E-state index contributed by atoms with van der Waals surface area (Å²) in [4.78, 5) is 9.58. The van der Waals surface area contributed by atoms with Gasteiger partial charge in [0.1, 0.15) is 0 Å². The summed E-state index contributed by atoms with van der Waals surface area (Å²) in [5, 5.41) is 0. The summed E-state index contributed by atoms with van der Waals surface area (Å²) in [6.45, 7) is -0.177. The molecule has 0 amide bonds. The Morgan fingerprint density at radius 1 is 0.215 bits per heavy atom. The van der Waals surface area contributed by atoms with E-state index in [-0.39, 0.29) is 6.71 Å². The molecule has 10 aromatic carbocycles. The number of hydrogen-bond donors (Lipinski definition) is 0. The van der Waals surface area contributed by atoms with Crippen LogP contribution in [0, 0.1) is 0 Å². The molecule has 10 aromatic rings. The van der Waals surface area contributed by atoms with Crippen LogP contribution in [0.3, 0.4) is 0 Å². The van der Waals surface area contributed by atoms with Crippen molar-refractivity contribution in [1.29, 1.82) is 0 Å². The first-order valence-electron chi connectivity index (χ1n) is 22.2. The van der Waals surface area contributed by atoms with E-state index in [1.807, 2.05) is 0 Å². The van der Waals surface area contributed by atoms with Crippen LogP contribution in [0.1, 0.15) is 0 Å². The summed E-state index contributed by atoms with van der Waals surface area (Å²) in [5.41, 5.74) is 16.3. The molecule has 4 nitrogen and oxygen atoms in total. The van der Waals surface area contributed by atoms with E-state index in [9.17, 15) is 0 Å². The molecule has 0 radical (unpaired) electrons. The van der Waals surface area contributed by atoms with Crippen LogP contribution >= 0.6 is 0 Å². The van der Waals surface area contributed by atoms with Crippen LogP contribution in [-0.4, -0.2) is 6.71 Å². The fourth-order valence-corrected chi connectivity index (χ4v) is 9.33. The molecule has 1 aliphatic rings. The predicted octanol–water partition coefficient (Wildman–Crippen LogP) is 14.4. The average molecular weight is 833 g/mol. The standard InChI is InChI=1S/C60H45BN4/c1-8-23-46(24-9-1)61-47-39-57(62(49-25-10-2-11-26-49)50-27-12-3-13-28-50)44-59(41-47)64(53-33-18-6-19-34-53)55-37-22-38-56(43-55)65(54-35-20-7-21-36-54)60-42-48(61)40-58(45-60)63(51-29-14-4-15-30-51)52-31-16-5-17-32-52/h1-45H. The van der Waals surface area contributed by atoms with Gasteiger partial charge in [-0.1, -0.05) is 162 Å². The van der Waals surface area contributed by atoms with Crippen LogP contribution in [0.4, 0.5) is 68.2 Å². The molecule has 0 unspecified atom stereocenters. The van der Waals surface area contributed by atoms with Crippen LogP contribution in [0.25, 0.3) is 0 Å². The van der Waals surface area contributed by atoms with Gasteiger partial charge in [-0.15, -0.1) is 0 Å². The van der Waals surface area contributed by atoms with E-state index in [2.05, 4.69) is 293 Å². The van der Waals surface area contributed by atoms with E-state index in [0.29, 0.717) is 0 Å². The summed E-state index contributed by atoms with van der Waals surface area (Å²) in [5.74, 6) is 0. The molecule has 0 N–H and O–H groups in total. The molecular weight excluding hydrogens is 787 g/mol. The van der Waals surface area contributed by atoms with Crippen LogP contribution in [0.2, 0.25) is 0 Å². The lowest BCUT2D eigenvalue weighted by Gasteiger charge is -2.34. The zero-order valence-corrected chi connectivity index (χ0v) is 35.8. The summed E-state index contributed by atoms with van der Waals surface area (Å²) in [6.07, 6.45) is 0. The van der Waals surface area contributed by atoms with E-state index >= 15 is 0 Å². The molecule has 5 heteroatoms. The fourth-order valence-electron chi connectivity index (χ4n) is 9.33. The van der Waals surface area contributed by atoms with Crippen molar-refractivity contribution >= 4 is 91.3 Å². The maximum absolute atomic E-state index is 2.41. The smallest absolute Gasteiger partial charge is 0.241 e. The topological polar surface area (TPSA) is 13.0 Å². The minimum absolute atomic E-state index is 0.177. The Labute approximate surface area is 382 Å². The molecule has 0 saturated heterocycles. The third-order valence-corrected chi connectivity index (χ3v) is 12.1. The Bertz CT molecular complexity index is 2870. The van der Waals surface area contributed by atoms with Gasteiger partial charge in [0.05, 0.1) is 0 Å². The quantitative estimate of drug-likeness (QED) is 0.134. The highest BCUT2D eigenvalue weighted by Crippen LogP contribution is 2.44. The normalized spacial score (nSPS) is 11.9. The highest BCUT2D eigenvalue weighted by Gasteiger charge is 2.30. The number of rotatable bonds is 9. The number of fused-ring (bicyclic) bond motifs is 6. The third-order valence-electron chi connectivity index (χ3n) is 12.1. The highest BCUT2D eigenvalue weighted by atomic mass is 15.2. The molecule has 308 valence electrons. The van der Waals surface area contributed by atoms with Gasteiger partial charge in [0.2, 0.25) is 6.71 Å². The van der Waals surface area contributed by atoms with Gasteiger partial charge in [-0.2, -0.15) is 0 Å². The minimum Gasteiger partial charge on any atom is -0.310 e. The molecule has 1 aliphatic heterocycles. The Morgan fingerprint density at radius 2 is 0.523 bits per heavy atom. The second kappa shape index (κ2) is 17.7. The average Bonchev–Trinajstić information content (AvgIpc) is 3.37. The molecule has 0 aliphatic carbocycles. The van der Waals surface area contributed by atoms with Crippen LogP contribution < -0.4 is 36.0 Å². The van der Waals surface area contributed by atoms with E-state index in [1.54, 1.807) is 0 Å².